The third-order valence-corrected chi connectivity index (χ3v) is 2.50. The van der Waals surface area contributed by atoms with E-state index in [9.17, 15) is 13.2 Å². The first-order chi connectivity index (χ1) is 6.14. The SMILES string of the molecule is O=[C]NS(=O)(=O)Cc1ccccc1. The van der Waals surface area contributed by atoms with Crippen molar-refractivity contribution in [1.82, 2.24) is 4.72 Å². The van der Waals surface area contributed by atoms with Crippen LogP contribution in [-0.2, 0) is 20.6 Å². The molecule has 1 rings (SSSR count). The van der Waals surface area contributed by atoms with Gasteiger partial charge in [-0.25, -0.2) is 13.1 Å². The molecular formula is C8H8NO3S. The number of amides is 1. The van der Waals surface area contributed by atoms with Crippen molar-refractivity contribution in [1.29, 1.82) is 0 Å². The minimum atomic E-state index is -3.56. The molecule has 0 aliphatic rings. The van der Waals surface area contributed by atoms with E-state index >= 15 is 0 Å². The van der Waals surface area contributed by atoms with Crippen molar-refractivity contribution in [3.05, 3.63) is 35.9 Å². The summed E-state index contributed by atoms with van der Waals surface area (Å²) in [5, 5.41) is 0. The van der Waals surface area contributed by atoms with Crippen molar-refractivity contribution in [2.24, 2.45) is 0 Å². The number of sulfonamides is 1. The van der Waals surface area contributed by atoms with Crippen LogP contribution in [0.4, 0.5) is 0 Å². The summed E-state index contributed by atoms with van der Waals surface area (Å²) in [7, 11) is -3.56. The fourth-order valence-corrected chi connectivity index (χ4v) is 1.72. The molecule has 0 saturated heterocycles. The van der Waals surface area contributed by atoms with Crippen molar-refractivity contribution in [3.8, 4) is 0 Å². The van der Waals surface area contributed by atoms with Gasteiger partial charge in [-0.1, -0.05) is 30.3 Å². The van der Waals surface area contributed by atoms with Gasteiger partial charge in [0.25, 0.3) is 0 Å². The molecule has 5 heteroatoms. The van der Waals surface area contributed by atoms with Gasteiger partial charge in [0.1, 0.15) is 0 Å². The van der Waals surface area contributed by atoms with Crippen molar-refractivity contribution in [3.63, 3.8) is 0 Å². The van der Waals surface area contributed by atoms with Crippen LogP contribution in [0, 0.1) is 0 Å². The number of rotatable bonds is 4. The second-order valence-electron chi connectivity index (χ2n) is 2.45. The minimum absolute atomic E-state index is 0.205. The van der Waals surface area contributed by atoms with E-state index in [1.165, 1.54) is 0 Å². The third-order valence-electron chi connectivity index (χ3n) is 1.40. The molecule has 0 aliphatic carbocycles. The van der Waals surface area contributed by atoms with Gasteiger partial charge in [-0.05, 0) is 5.56 Å². The highest BCUT2D eigenvalue weighted by Gasteiger charge is 2.09. The van der Waals surface area contributed by atoms with Crippen LogP contribution < -0.4 is 4.72 Å². The number of carbonyl (C=O) groups excluding carboxylic acids is 1. The van der Waals surface area contributed by atoms with Crippen molar-refractivity contribution in [2.45, 2.75) is 5.75 Å². The molecule has 4 nitrogen and oxygen atoms in total. The zero-order valence-corrected chi connectivity index (χ0v) is 7.54. The van der Waals surface area contributed by atoms with Gasteiger partial charge in [-0.2, -0.15) is 0 Å². The molecule has 1 aromatic carbocycles. The highest BCUT2D eigenvalue weighted by molar-refractivity contribution is 7.89. The van der Waals surface area contributed by atoms with E-state index in [1.807, 2.05) is 0 Å². The lowest BCUT2D eigenvalue weighted by Gasteiger charge is -2.00. The maximum Gasteiger partial charge on any atom is 0.323 e. The molecular weight excluding hydrogens is 190 g/mol. The molecule has 0 heterocycles. The summed E-state index contributed by atoms with van der Waals surface area (Å²) < 4.78 is 23.7. The minimum Gasteiger partial charge on any atom is -0.263 e. The second kappa shape index (κ2) is 4.04. The summed E-state index contributed by atoms with van der Waals surface area (Å²) in [6, 6.07) is 8.59. The van der Waals surface area contributed by atoms with Crippen LogP contribution >= 0.6 is 0 Å². The largest absolute Gasteiger partial charge is 0.323 e. The van der Waals surface area contributed by atoms with E-state index in [1.54, 1.807) is 35.1 Å². The molecule has 69 valence electrons. The quantitative estimate of drug-likeness (QED) is 0.701. The summed E-state index contributed by atoms with van der Waals surface area (Å²) in [6.45, 7) is 0. The molecule has 1 radical (unpaired) electrons. The number of benzene rings is 1. The van der Waals surface area contributed by atoms with Crippen LogP contribution in [0.25, 0.3) is 0 Å². The number of nitrogens with one attached hydrogen (secondary N) is 1. The molecule has 1 aromatic rings. The van der Waals surface area contributed by atoms with Gasteiger partial charge >= 0.3 is 6.41 Å². The average Bonchev–Trinajstić information content (AvgIpc) is 2.04. The summed E-state index contributed by atoms with van der Waals surface area (Å²) >= 11 is 0. The molecule has 0 aromatic heterocycles. The molecule has 0 aliphatic heterocycles. The molecule has 13 heavy (non-hydrogen) atoms. The van der Waals surface area contributed by atoms with Crippen LogP contribution in [0.15, 0.2) is 30.3 Å². The summed E-state index contributed by atoms with van der Waals surface area (Å²) in [6.07, 6.45) is 1.14. The second-order valence-corrected chi connectivity index (χ2v) is 4.17. The highest BCUT2D eigenvalue weighted by Crippen LogP contribution is 2.02. The van der Waals surface area contributed by atoms with Crippen molar-refractivity contribution in [2.75, 3.05) is 0 Å². The number of hydrogen-bond donors (Lipinski definition) is 1. The fourth-order valence-electron chi connectivity index (χ4n) is 0.893. The Morgan fingerprint density at radius 2 is 1.85 bits per heavy atom. The first-order valence-electron chi connectivity index (χ1n) is 3.54. The summed E-state index contributed by atoms with van der Waals surface area (Å²) in [5.41, 5.74) is 0.630. The molecule has 1 N–H and O–H groups in total. The van der Waals surface area contributed by atoms with Crippen LogP contribution in [-0.4, -0.2) is 14.8 Å². The van der Waals surface area contributed by atoms with Gasteiger partial charge < -0.3 is 0 Å². The molecule has 1 amide bonds. The third kappa shape index (κ3) is 3.25. The van der Waals surface area contributed by atoms with E-state index in [2.05, 4.69) is 0 Å². The Hall–Kier alpha value is -1.36. The van der Waals surface area contributed by atoms with Gasteiger partial charge in [-0.3, -0.25) is 4.79 Å². The molecule has 0 spiro atoms. The predicted octanol–water partition coefficient (Wildman–Crippen LogP) is 0.173. The van der Waals surface area contributed by atoms with Crippen LogP contribution in [0.5, 0.6) is 0 Å². The van der Waals surface area contributed by atoms with Crippen LogP contribution in [0.1, 0.15) is 5.56 Å². The Balaban J connectivity index is 2.75. The molecule has 0 bridgehead atoms. The predicted molar refractivity (Wildman–Crippen MR) is 47.9 cm³/mol. The first kappa shape index (κ1) is 9.73. The maximum absolute atomic E-state index is 11.0. The van der Waals surface area contributed by atoms with E-state index in [-0.39, 0.29) is 5.75 Å². The Morgan fingerprint density at radius 3 is 2.38 bits per heavy atom. The Morgan fingerprint density at radius 1 is 1.23 bits per heavy atom. The summed E-state index contributed by atoms with van der Waals surface area (Å²) in [5.74, 6) is -0.205. The van der Waals surface area contributed by atoms with Gasteiger partial charge in [0.15, 0.2) is 0 Å². The average molecular weight is 198 g/mol. The Kier molecular flexibility index (Phi) is 3.02. The van der Waals surface area contributed by atoms with Crippen molar-refractivity contribution >= 4 is 16.4 Å². The highest BCUT2D eigenvalue weighted by atomic mass is 32.2. The normalized spacial score (nSPS) is 10.8. The number of hydrogen-bond acceptors (Lipinski definition) is 3. The summed E-state index contributed by atoms with van der Waals surface area (Å²) in [4.78, 5) is 9.80. The van der Waals surface area contributed by atoms with E-state index in [4.69, 9.17) is 0 Å². The first-order valence-corrected chi connectivity index (χ1v) is 5.20. The van der Waals surface area contributed by atoms with Crippen molar-refractivity contribution < 1.29 is 13.2 Å². The van der Waals surface area contributed by atoms with Gasteiger partial charge in [0.2, 0.25) is 10.0 Å². The maximum atomic E-state index is 11.0. The zero-order valence-electron chi connectivity index (χ0n) is 6.73. The molecule has 0 unspecified atom stereocenters. The Bertz CT molecular complexity index is 372. The van der Waals surface area contributed by atoms with Crippen LogP contribution in [0.2, 0.25) is 0 Å². The molecule has 0 fully saturated rings. The van der Waals surface area contributed by atoms with Gasteiger partial charge in [-0.15, -0.1) is 0 Å². The zero-order chi connectivity index (χ0) is 9.73. The van der Waals surface area contributed by atoms with Gasteiger partial charge in [0.05, 0.1) is 5.75 Å². The lowest BCUT2D eigenvalue weighted by Crippen LogP contribution is -2.23. The van der Waals surface area contributed by atoms with E-state index < -0.39 is 10.0 Å². The molecule has 0 atom stereocenters. The van der Waals surface area contributed by atoms with Crippen LogP contribution in [0.3, 0.4) is 0 Å². The monoisotopic (exact) mass is 198 g/mol. The van der Waals surface area contributed by atoms with E-state index in [0.29, 0.717) is 5.56 Å². The Labute approximate surface area is 76.6 Å². The lowest BCUT2D eigenvalue weighted by molar-refractivity contribution is 0.547. The van der Waals surface area contributed by atoms with Gasteiger partial charge in [0, 0.05) is 0 Å². The topological polar surface area (TPSA) is 63.2 Å². The lowest BCUT2D eigenvalue weighted by atomic mass is 10.2. The van der Waals surface area contributed by atoms with E-state index in [0.717, 1.165) is 6.41 Å². The molecule has 0 saturated carbocycles. The smallest absolute Gasteiger partial charge is 0.263 e. The standard InChI is InChI=1S/C8H8NO3S/c10-7-9-13(11,12)6-8-4-2-1-3-5-8/h1-5H,6H2,(H,9,10). The fraction of sp³-hybridized carbons (Fsp3) is 0.125.